The van der Waals surface area contributed by atoms with Crippen LogP contribution in [-0.4, -0.2) is 66.1 Å². The summed E-state index contributed by atoms with van der Waals surface area (Å²) in [6.45, 7) is 6.17. The van der Waals surface area contributed by atoms with Crippen molar-refractivity contribution in [2.45, 2.75) is 32.7 Å². The Morgan fingerprint density at radius 3 is 2.83 bits per heavy atom. The highest BCUT2D eigenvalue weighted by molar-refractivity contribution is 14.0. The van der Waals surface area contributed by atoms with E-state index in [-0.39, 0.29) is 24.0 Å². The van der Waals surface area contributed by atoms with Gasteiger partial charge in [-0.05, 0) is 24.9 Å². The first-order chi connectivity index (χ1) is 11.3. The van der Waals surface area contributed by atoms with Gasteiger partial charge in [-0.1, -0.05) is 6.92 Å². The van der Waals surface area contributed by atoms with Crippen molar-refractivity contribution in [1.82, 2.24) is 25.4 Å². The number of rotatable bonds is 12. The van der Waals surface area contributed by atoms with E-state index in [0.29, 0.717) is 0 Å². The predicted molar refractivity (Wildman–Crippen MR) is 113 cm³/mol. The molecule has 24 heavy (non-hydrogen) atoms. The van der Waals surface area contributed by atoms with Crippen LogP contribution in [0.5, 0.6) is 0 Å². The first kappa shape index (κ1) is 23.4. The van der Waals surface area contributed by atoms with Crippen LogP contribution < -0.4 is 10.6 Å². The van der Waals surface area contributed by atoms with Crippen molar-refractivity contribution >= 4 is 41.7 Å². The lowest BCUT2D eigenvalue weighted by Crippen LogP contribution is -2.40. The van der Waals surface area contributed by atoms with Gasteiger partial charge in [0.15, 0.2) is 5.96 Å². The molecule has 0 aliphatic rings. The summed E-state index contributed by atoms with van der Waals surface area (Å²) in [5.41, 5.74) is 0. The third kappa shape index (κ3) is 10.3. The van der Waals surface area contributed by atoms with E-state index in [1.54, 1.807) is 13.4 Å². The first-order valence-corrected chi connectivity index (χ1v) is 9.58. The molecule has 0 spiro atoms. The Morgan fingerprint density at radius 1 is 1.33 bits per heavy atom. The summed E-state index contributed by atoms with van der Waals surface area (Å²) < 4.78 is 7.14. The van der Waals surface area contributed by atoms with Crippen molar-refractivity contribution in [2.24, 2.45) is 4.99 Å². The van der Waals surface area contributed by atoms with E-state index in [0.717, 1.165) is 69.6 Å². The molecular formula is C15H31IN6OS. The minimum Gasteiger partial charge on any atom is -0.385 e. The molecule has 0 bridgehead atoms. The lowest BCUT2D eigenvalue weighted by molar-refractivity contribution is 0.195. The van der Waals surface area contributed by atoms with E-state index in [9.17, 15) is 0 Å². The van der Waals surface area contributed by atoms with Crippen LogP contribution in [-0.2, 0) is 17.7 Å². The van der Waals surface area contributed by atoms with Gasteiger partial charge in [0.1, 0.15) is 12.2 Å². The van der Waals surface area contributed by atoms with Crippen molar-refractivity contribution in [3.05, 3.63) is 12.2 Å². The summed E-state index contributed by atoms with van der Waals surface area (Å²) >= 11 is 1.85. The molecule has 1 heterocycles. The first-order valence-electron chi connectivity index (χ1n) is 8.18. The lowest BCUT2D eigenvalue weighted by Gasteiger charge is -2.13. The Hall–Kier alpha value is -0.550. The lowest BCUT2D eigenvalue weighted by atomic mass is 10.4. The molecule has 0 aliphatic carbocycles. The number of nitrogens with zero attached hydrogens (tertiary/aromatic N) is 4. The molecule has 2 N–H and O–H groups in total. The highest BCUT2D eigenvalue weighted by atomic mass is 127. The third-order valence-electron chi connectivity index (χ3n) is 3.25. The molecule has 0 radical (unpaired) electrons. The number of aliphatic imine (C=N–C) groups is 1. The Kier molecular flexibility index (Phi) is 15.6. The Balaban J connectivity index is 0.00000529. The normalized spacial score (nSPS) is 11.2. The largest absolute Gasteiger partial charge is 0.385 e. The number of aryl methyl sites for hydroxylation is 1. The number of methoxy groups -OCH3 is 1. The van der Waals surface area contributed by atoms with Crippen LogP contribution in [0.3, 0.4) is 0 Å². The van der Waals surface area contributed by atoms with Crippen LogP contribution >= 0.6 is 35.7 Å². The van der Waals surface area contributed by atoms with Crippen molar-refractivity contribution in [2.75, 3.05) is 45.4 Å². The van der Waals surface area contributed by atoms with Gasteiger partial charge in [-0.25, -0.2) is 0 Å². The number of guanidine groups is 1. The molecule has 0 amide bonds. The van der Waals surface area contributed by atoms with Crippen LogP contribution in [0.4, 0.5) is 0 Å². The van der Waals surface area contributed by atoms with E-state index in [1.807, 2.05) is 11.8 Å². The van der Waals surface area contributed by atoms with E-state index < -0.39 is 0 Å². The van der Waals surface area contributed by atoms with Crippen molar-refractivity contribution < 1.29 is 4.74 Å². The zero-order valence-electron chi connectivity index (χ0n) is 15.0. The molecule has 0 atom stereocenters. The van der Waals surface area contributed by atoms with Crippen LogP contribution in [0.2, 0.25) is 0 Å². The van der Waals surface area contributed by atoms with Gasteiger partial charge >= 0.3 is 0 Å². The zero-order valence-corrected chi connectivity index (χ0v) is 18.1. The molecule has 0 saturated carbocycles. The second kappa shape index (κ2) is 15.9. The van der Waals surface area contributed by atoms with Gasteiger partial charge in [0.25, 0.3) is 0 Å². The molecular weight excluding hydrogens is 439 g/mol. The average molecular weight is 470 g/mol. The molecule has 0 aliphatic heterocycles. The van der Waals surface area contributed by atoms with Gasteiger partial charge in [0, 0.05) is 46.3 Å². The summed E-state index contributed by atoms with van der Waals surface area (Å²) in [7, 11) is 1.72. The minimum atomic E-state index is 0. The molecule has 140 valence electrons. The van der Waals surface area contributed by atoms with Gasteiger partial charge in [-0.15, -0.1) is 34.2 Å². The van der Waals surface area contributed by atoms with Gasteiger partial charge < -0.3 is 19.9 Å². The molecule has 0 aromatic carbocycles. The Labute approximate surface area is 166 Å². The fourth-order valence-corrected chi connectivity index (χ4v) is 2.45. The number of aromatic nitrogens is 3. The van der Waals surface area contributed by atoms with E-state index in [1.165, 1.54) is 0 Å². The van der Waals surface area contributed by atoms with Crippen LogP contribution in [0.15, 0.2) is 11.3 Å². The molecule has 1 aromatic heterocycles. The molecule has 1 rings (SSSR count). The van der Waals surface area contributed by atoms with Gasteiger partial charge in [0.2, 0.25) is 0 Å². The number of hydrogen-bond donors (Lipinski definition) is 2. The highest BCUT2D eigenvalue weighted by Crippen LogP contribution is 1.96. The second-order valence-corrected chi connectivity index (χ2v) is 6.06. The maximum Gasteiger partial charge on any atom is 0.191 e. The quantitative estimate of drug-likeness (QED) is 0.210. The van der Waals surface area contributed by atoms with Crippen molar-refractivity contribution in [3.63, 3.8) is 0 Å². The summed E-state index contributed by atoms with van der Waals surface area (Å²) in [6, 6.07) is 0. The number of hydrogen-bond acceptors (Lipinski definition) is 5. The number of thioether (sulfide) groups is 1. The van der Waals surface area contributed by atoms with Crippen molar-refractivity contribution in [1.29, 1.82) is 0 Å². The second-order valence-electron chi connectivity index (χ2n) is 5.07. The third-order valence-corrected chi connectivity index (χ3v) is 3.95. The number of nitrogens with one attached hydrogen (secondary N) is 2. The van der Waals surface area contributed by atoms with Crippen LogP contribution in [0.25, 0.3) is 0 Å². The fraction of sp³-hybridized carbons (Fsp3) is 0.800. The maximum atomic E-state index is 5.07. The van der Waals surface area contributed by atoms with E-state index >= 15 is 0 Å². The predicted octanol–water partition coefficient (Wildman–Crippen LogP) is 1.78. The zero-order chi connectivity index (χ0) is 16.8. The van der Waals surface area contributed by atoms with Crippen LogP contribution in [0, 0.1) is 0 Å². The van der Waals surface area contributed by atoms with Gasteiger partial charge in [-0.2, -0.15) is 11.8 Å². The summed E-state index contributed by atoms with van der Waals surface area (Å²) in [6.07, 6.45) is 6.86. The maximum absolute atomic E-state index is 5.07. The average Bonchev–Trinajstić information content (AvgIpc) is 3.02. The number of halogens is 1. The van der Waals surface area contributed by atoms with E-state index in [2.05, 4.69) is 43.6 Å². The topological polar surface area (TPSA) is 76.4 Å². The standard InChI is InChI=1S/C15H30N6OS.HI/c1-4-14-20-19-13-21(14)10-9-18-15(16-7-5-11-22-2)17-8-6-12-23-3;/h13H,4-12H2,1-3H3,(H2,16,17,18);1H. The van der Waals surface area contributed by atoms with Gasteiger partial charge in [-0.3, -0.25) is 4.99 Å². The van der Waals surface area contributed by atoms with Gasteiger partial charge in [0.05, 0.1) is 0 Å². The Morgan fingerprint density at radius 2 is 2.12 bits per heavy atom. The Bertz CT molecular complexity index is 443. The molecule has 0 unspecified atom stereocenters. The van der Waals surface area contributed by atoms with E-state index in [4.69, 9.17) is 4.74 Å². The highest BCUT2D eigenvalue weighted by Gasteiger charge is 2.02. The molecule has 1 aromatic rings. The summed E-state index contributed by atoms with van der Waals surface area (Å²) in [5, 5.41) is 14.8. The van der Waals surface area contributed by atoms with Crippen molar-refractivity contribution in [3.8, 4) is 0 Å². The molecule has 0 saturated heterocycles. The smallest absolute Gasteiger partial charge is 0.191 e. The monoisotopic (exact) mass is 470 g/mol. The summed E-state index contributed by atoms with van der Waals surface area (Å²) in [5.74, 6) is 3.02. The fourth-order valence-electron chi connectivity index (χ4n) is 2.03. The molecule has 7 nitrogen and oxygen atoms in total. The molecule has 0 fully saturated rings. The summed E-state index contributed by atoms with van der Waals surface area (Å²) in [4.78, 5) is 4.62. The van der Waals surface area contributed by atoms with Crippen LogP contribution in [0.1, 0.15) is 25.6 Å². The minimum absolute atomic E-state index is 0. The molecule has 9 heteroatoms. The number of ether oxygens (including phenoxy) is 1. The SMILES string of the molecule is CCc1nncn1CCNC(=NCCCSC)NCCCOC.I.